The molecule has 0 atom stereocenters. The van der Waals surface area contributed by atoms with Gasteiger partial charge in [0.2, 0.25) is 0 Å². The minimum absolute atomic E-state index is 0. The van der Waals surface area contributed by atoms with Gasteiger partial charge < -0.3 is 223 Å². The molecule has 0 aromatic heterocycles. The molecular formula is C68H204Y30-30. The molecule has 0 saturated carbocycles. The summed E-state index contributed by atoms with van der Waals surface area (Å²) in [6.07, 6.45) is 0. The van der Waals surface area contributed by atoms with Crippen molar-refractivity contribution in [1.82, 2.24) is 0 Å². The summed E-state index contributed by atoms with van der Waals surface area (Å²) in [5.74, 6) is 0. The molecule has 0 aliphatic carbocycles. The molecule has 0 bridgehead atoms. The van der Waals surface area contributed by atoms with Gasteiger partial charge in [-0.25, -0.2) is 0 Å². The van der Waals surface area contributed by atoms with E-state index in [1.165, 1.54) is 0 Å². The third kappa shape index (κ3) is 1930. The normalized spacial score (nSPS) is 1.16. The summed E-state index contributed by atoms with van der Waals surface area (Å²) in [5, 5.41) is 0. The largest absolute Gasteiger partial charge is 0.358 e. The molecule has 596 valence electrons. The van der Waals surface area contributed by atoms with Gasteiger partial charge in [-0.15, -0.1) is 0 Å². The van der Waals surface area contributed by atoms with Crippen molar-refractivity contribution in [3.05, 3.63) is 223 Å². The van der Waals surface area contributed by atoms with Gasteiger partial charge in [0.25, 0.3) is 0 Å². The first kappa shape index (κ1) is 817. The SMILES string of the molecule is CC.CC.CC.CC.CC.CC.CC.CC.CC.CC.CC.CC.CC.CC.CC.CC.CC.CC.CC.[CH3-].[CH3-].[CH3-].[CH3-].[CH3-].[CH3-].[CH3-].[CH3-].[CH3-].[CH3-].[CH3-].[CH3-].[CH3-].[CH3-].[CH3-].[CH3-].[CH3-].[CH3-].[CH3-].[CH3-].[CH3-].[CH3-].[CH3-].[CH3-].[CH3-].[CH3-].[CH3-].[CH3-].[CH3-].[CH3-].[Y].[Y].[Y].[Y].[Y].[Y].[Y].[Y].[Y].[Y].[Y].[Y].[Y].[Y].[Y].[Y].[Y].[Y].[Y].[Y].[Y].[Y].[Y].[Y].[Y].[Y].[Y].[Y].[Y].[Y]. The first-order chi connectivity index (χ1) is 19.0. The summed E-state index contributed by atoms with van der Waals surface area (Å²) in [6, 6.07) is 0. The van der Waals surface area contributed by atoms with E-state index in [1.807, 2.05) is 263 Å². The molecule has 0 aromatic rings. The first-order valence-electron chi connectivity index (χ1n) is 19.0. The Morgan fingerprint density at radius 1 is 0.0408 bits per heavy atom. The van der Waals surface area contributed by atoms with Crippen molar-refractivity contribution in [1.29, 1.82) is 0 Å². The van der Waals surface area contributed by atoms with Gasteiger partial charge >= 0.3 is 0 Å². The smallest absolute Gasteiger partial charge is 0 e. The molecule has 0 unspecified atom stereocenters. The maximum Gasteiger partial charge on any atom is 0 e. The molecule has 0 saturated heterocycles. The van der Waals surface area contributed by atoms with Crippen molar-refractivity contribution < 1.29 is 981 Å². The van der Waals surface area contributed by atoms with Crippen LogP contribution >= 0.6 is 0 Å². The molecule has 0 aromatic carbocycles. The third-order valence-corrected chi connectivity index (χ3v) is 0. The summed E-state index contributed by atoms with van der Waals surface area (Å²) in [5.41, 5.74) is 0. The molecule has 0 fully saturated rings. The molecule has 0 N–H and O–H groups in total. The van der Waals surface area contributed by atoms with E-state index in [0.717, 1.165) is 0 Å². The molecule has 0 spiro atoms. The van der Waals surface area contributed by atoms with Gasteiger partial charge in [0, 0.05) is 981 Å². The fourth-order valence-electron chi connectivity index (χ4n) is 0. The standard InChI is InChI=1S/19C2H6.30CH3.30Y/c19*1-2;;;;;;;;;;;;;;;;;;;;;;;;;;;;;;;;;;;;;;;;;;;;;;;;;;;;;;;;;;;;/h19*1-2H3;30*1H3;;;;;;;;;;;;;;;;;;;;;;;;;;;;;;/q;;;;;;;;;;;;;;;;;;;30*-1;;;;;;;;;;;;;;;;;;;;;;;;;;;;;;. The third-order valence-electron chi connectivity index (χ3n) is 0. The van der Waals surface area contributed by atoms with Crippen molar-refractivity contribution in [3.63, 3.8) is 0 Å². The minimum atomic E-state index is 0. The summed E-state index contributed by atoms with van der Waals surface area (Å²) in [4.78, 5) is 0. The molecule has 0 rings (SSSR count). The summed E-state index contributed by atoms with van der Waals surface area (Å²) < 4.78 is 0. The monoisotopic (exact) mass is 3690 g/mol. The van der Waals surface area contributed by atoms with Gasteiger partial charge in [-0.05, 0) is 0 Å². The Kier molecular flexibility index (Phi) is 16500. The summed E-state index contributed by atoms with van der Waals surface area (Å²) >= 11 is 0. The van der Waals surface area contributed by atoms with Crippen molar-refractivity contribution in [3.8, 4) is 0 Å². The van der Waals surface area contributed by atoms with E-state index >= 15 is 0 Å². The molecule has 0 aliphatic heterocycles. The van der Waals surface area contributed by atoms with E-state index in [2.05, 4.69) is 0 Å². The zero-order valence-electron chi connectivity index (χ0n) is 85.3. The van der Waals surface area contributed by atoms with Crippen LogP contribution in [-0.4, -0.2) is 0 Å². The van der Waals surface area contributed by atoms with Crippen LogP contribution in [0.3, 0.4) is 0 Å². The zero-order valence-corrected chi connectivity index (χ0v) is 170. The maximum atomic E-state index is 2.00. The van der Waals surface area contributed by atoms with Gasteiger partial charge in [0.15, 0.2) is 0 Å². The Hall–Kier alpha value is 33.1. The zero-order chi connectivity index (χ0) is 38.0. The van der Waals surface area contributed by atoms with Gasteiger partial charge in [-0.3, -0.25) is 0 Å². The molecular weight excluding hydrogens is 3480 g/mol. The molecule has 0 aliphatic rings. The molecule has 98 heavy (non-hydrogen) atoms. The fourth-order valence-corrected chi connectivity index (χ4v) is 0. The van der Waals surface area contributed by atoms with E-state index in [1.54, 1.807) is 0 Å². The number of hydrogen-bond donors (Lipinski definition) is 0. The average molecular weight is 3690 g/mol. The number of rotatable bonds is 0. The van der Waals surface area contributed by atoms with Crippen molar-refractivity contribution in [2.24, 2.45) is 0 Å². The van der Waals surface area contributed by atoms with E-state index in [9.17, 15) is 0 Å². The van der Waals surface area contributed by atoms with Crippen LogP contribution in [0, 0.1) is 223 Å². The summed E-state index contributed by atoms with van der Waals surface area (Å²) in [7, 11) is 0. The van der Waals surface area contributed by atoms with Crippen LogP contribution in [0.2, 0.25) is 0 Å². The topological polar surface area (TPSA) is 0 Å². The van der Waals surface area contributed by atoms with E-state index in [0.29, 0.717) is 0 Å². The van der Waals surface area contributed by atoms with Crippen molar-refractivity contribution in [2.45, 2.75) is 263 Å². The second kappa shape index (κ2) is 1980. The Morgan fingerprint density at radius 3 is 0.0408 bits per heavy atom. The predicted molar refractivity (Wildman–Crippen MR) is 408 cm³/mol. The minimum Gasteiger partial charge on any atom is -0.358 e. The van der Waals surface area contributed by atoms with Crippen LogP contribution in [0.15, 0.2) is 0 Å². The van der Waals surface area contributed by atoms with Crippen molar-refractivity contribution in [2.75, 3.05) is 0 Å². The van der Waals surface area contributed by atoms with Gasteiger partial charge in [-0.1, -0.05) is 263 Å². The molecule has 30 radical (unpaired) electrons. The van der Waals surface area contributed by atoms with Crippen LogP contribution in [0.4, 0.5) is 0 Å². The maximum absolute atomic E-state index is 2.00. The van der Waals surface area contributed by atoms with Crippen molar-refractivity contribution >= 4 is 0 Å². The second-order valence-corrected chi connectivity index (χ2v) is 0. The number of hydrogen-bond acceptors (Lipinski definition) is 0. The van der Waals surface area contributed by atoms with Gasteiger partial charge in [0.05, 0.1) is 0 Å². The average Bonchev–Trinajstić information content (AvgIpc) is 3.17. The van der Waals surface area contributed by atoms with Crippen LogP contribution < -0.4 is 0 Å². The quantitative estimate of drug-likeness (QED) is 0.212. The Labute approximate surface area is 1420 Å². The van der Waals surface area contributed by atoms with Crippen LogP contribution in [0.25, 0.3) is 0 Å². The van der Waals surface area contributed by atoms with E-state index in [-0.39, 0.29) is 1200 Å². The molecule has 0 amide bonds. The fraction of sp³-hybridized carbons (Fsp3) is 0.559. The second-order valence-electron chi connectivity index (χ2n) is 0. The van der Waals surface area contributed by atoms with Crippen LogP contribution in [0.5, 0.6) is 0 Å². The summed E-state index contributed by atoms with van der Waals surface area (Å²) in [6.45, 7) is 76.0. The molecule has 30 heteroatoms. The Morgan fingerprint density at radius 2 is 0.0408 bits per heavy atom. The predicted octanol–water partition coefficient (Wildman–Crippen LogP) is 32.9. The van der Waals surface area contributed by atoms with Gasteiger partial charge in [-0.2, -0.15) is 0 Å². The van der Waals surface area contributed by atoms with E-state index < -0.39 is 0 Å². The Balaban J connectivity index is -0.000000000488. The molecule has 0 nitrogen and oxygen atoms in total. The van der Waals surface area contributed by atoms with Crippen LogP contribution in [0.1, 0.15) is 263 Å². The van der Waals surface area contributed by atoms with Crippen LogP contribution in [-0.2, 0) is 981 Å². The Bertz CT molecular complexity index is 87.1. The first-order valence-corrected chi connectivity index (χ1v) is 19.0. The molecule has 0 heterocycles. The van der Waals surface area contributed by atoms with Gasteiger partial charge in [0.1, 0.15) is 0 Å². The van der Waals surface area contributed by atoms with E-state index in [4.69, 9.17) is 0 Å².